The summed E-state index contributed by atoms with van der Waals surface area (Å²) in [6.07, 6.45) is 8.41. The highest BCUT2D eigenvalue weighted by molar-refractivity contribution is 5.47. The van der Waals surface area contributed by atoms with Crippen LogP contribution in [-0.4, -0.2) is 37.0 Å². The maximum absolute atomic E-state index is 12.5. The van der Waals surface area contributed by atoms with Crippen LogP contribution in [0.25, 0.3) is 5.65 Å². The summed E-state index contributed by atoms with van der Waals surface area (Å²) in [4.78, 5) is 14.8. The Hall–Kier alpha value is -2.70. The van der Waals surface area contributed by atoms with Crippen molar-refractivity contribution >= 4 is 11.6 Å². The van der Waals surface area contributed by atoms with Crippen LogP contribution >= 0.6 is 0 Å². The fourth-order valence-electron chi connectivity index (χ4n) is 4.24. The second-order valence-corrected chi connectivity index (χ2v) is 7.26. The van der Waals surface area contributed by atoms with Gasteiger partial charge < -0.3 is 4.90 Å². The third-order valence-corrected chi connectivity index (χ3v) is 5.59. The third kappa shape index (κ3) is 2.58. The van der Waals surface area contributed by atoms with Crippen LogP contribution in [0.15, 0.2) is 35.3 Å². The monoisotopic (exact) mass is 350 g/mol. The first-order chi connectivity index (χ1) is 12.8. The van der Waals surface area contributed by atoms with E-state index in [9.17, 15) is 4.79 Å². The molecule has 3 aromatic heterocycles. The van der Waals surface area contributed by atoms with E-state index in [4.69, 9.17) is 0 Å². The molecule has 2 aliphatic rings. The summed E-state index contributed by atoms with van der Waals surface area (Å²) in [5.74, 6) is 0.856. The molecule has 7 heteroatoms. The molecule has 5 rings (SSSR count). The van der Waals surface area contributed by atoms with E-state index >= 15 is 0 Å². The lowest BCUT2D eigenvalue weighted by Crippen LogP contribution is -2.38. The molecule has 4 heterocycles. The molecule has 0 N–H and O–H groups in total. The number of rotatable bonds is 3. The van der Waals surface area contributed by atoms with Gasteiger partial charge in [-0.15, -0.1) is 10.2 Å². The smallest absolute Gasteiger partial charge is 0.267 e. The van der Waals surface area contributed by atoms with Crippen molar-refractivity contribution in [2.45, 2.75) is 51.1 Å². The van der Waals surface area contributed by atoms with Gasteiger partial charge in [0.2, 0.25) is 5.95 Å². The molecular formula is C19H22N6O. The third-order valence-electron chi connectivity index (χ3n) is 5.59. The molecule has 0 spiro atoms. The SMILES string of the molecule is O=c1cc2c(nn1CC1CCCN1c1nnc3ccccn13)CCCC2. The molecule has 0 aromatic carbocycles. The number of fused-ring (bicyclic) bond motifs is 2. The van der Waals surface area contributed by atoms with E-state index in [1.165, 1.54) is 6.42 Å². The quantitative estimate of drug-likeness (QED) is 0.721. The molecule has 1 fully saturated rings. The average Bonchev–Trinajstić information content (AvgIpc) is 3.28. The van der Waals surface area contributed by atoms with Gasteiger partial charge in [-0.1, -0.05) is 6.07 Å². The number of hydrogen-bond donors (Lipinski definition) is 0. The Labute approximate surface area is 151 Å². The van der Waals surface area contributed by atoms with E-state index in [0.29, 0.717) is 6.54 Å². The number of pyridine rings is 1. The largest absolute Gasteiger partial charge is 0.336 e. The second-order valence-electron chi connectivity index (χ2n) is 7.26. The molecule has 1 atom stereocenters. The Morgan fingerprint density at radius 1 is 1.12 bits per heavy atom. The van der Waals surface area contributed by atoms with Gasteiger partial charge in [-0.25, -0.2) is 4.68 Å². The van der Waals surface area contributed by atoms with Crippen molar-refractivity contribution in [3.05, 3.63) is 52.1 Å². The van der Waals surface area contributed by atoms with Gasteiger partial charge in [0.05, 0.1) is 18.3 Å². The lowest BCUT2D eigenvalue weighted by molar-refractivity contribution is 0.470. The Balaban J connectivity index is 1.46. The van der Waals surface area contributed by atoms with Crippen molar-refractivity contribution in [3.8, 4) is 0 Å². The van der Waals surface area contributed by atoms with Crippen LogP contribution in [0.3, 0.4) is 0 Å². The Kier molecular flexibility index (Phi) is 3.72. The van der Waals surface area contributed by atoms with Crippen LogP contribution in [0, 0.1) is 0 Å². The molecule has 1 aliphatic carbocycles. The van der Waals surface area contributed by atoms with Gasteiger partial charge in [0.15, 0.2) is 5.65 Å². The van der Waals surface area contributed by atoms with Crippen LogP contribution in [0.1, 0.15) is 36.9 Å². The maximum atomic E-state index is 12.5. The van der Waals surface area contributed by atoms with Gasteiger partial charge in [0.1, 0.15) is 0 Å². The summed E-state index contributed by atoms with van der Waals surface area (Å²) < 4.78 is 3.68. The van der Waals surface area contributed by atoms with Gasteiger partial charge in [-0.2, -0.15) is 5.10 Å². The summed E-state index contributed by atoms with van der Waals surface area (Å²) in [7, 11) is 0. The topological polar surface area (TPSA) is 68.3 Å². The molecule has 134 valence electrons. The Morgan fingerprint density at radius 3 is 3.00 bits per heavy atom. The summed E-state index contributed by atoms with van der Waals surface area (Å²) in [6.45, 7) is 1.54. The lowest BCUT2D eigenvalue weighted by Gasteiger charge is -2.25. The van der Waals surface area contributed by atoms with Gasteiger partial charge >= 0.3 is 0 Å². The minimum absolute atomic E-state index is 0.0172. The molecule has 0 saturated carbocycles. The van der Waals surface area contributed by atoms with E-state index in [2.05, 4.69) is 20.2 Å². The van der Waals surface area contributed by atoms with E-state index in [1.807, 2.05) is 28.8 Å². The minimum Gasteiger partial charge on any atom is -0.336 e. The van der Waals surface area contributed by atoms with Crippen molar-refractivity contribution in [2.24, 2.45) is 0 Å². The number of hydrogen-bond acceptors (Lipinski definition) is 5. The van der Waals surface area contributed by atoms with Crippen molar-refractivity contribution < 1.29 is 0 Å². The Bertz CT molecular complexity index is 1010. The molecule has 0 amide bonds. The summed E-state index contributed by atoms with van der Waals surface area (Å²) in [5.41, 5.74) is 3.11. The number of aryl methyl sites for hydroxylation is 2. The molecule has 0 radical (unpaired) electrons. The fourth-order valence-corrected chi connectivity index (χ4v) is 4.24. The molecule has 7 nitrogen and oxygen atoms in total. The van der Waals surface area contributed by atoms with E-state index in [1.54, 1.807) is 10.7 Å². The van der Waals surface area contributed by atoms with E-state index in [0.717, 1.165) is 61.5 Å². The zero-order valence-corrected chi connectivity index (χ0v) is 14.7. The zero-order chi connectivity index (χ0) is 17.5. The molecule has 1 aliphatic heterocycles. The normalized spacial score (nSPS) is 19.8. The highest BCUT2D eigenvalue weighted by Crippen LogP contribution is 2.25. The van der Waals surface area contributed by atoms with Crippen LogP contribution in [0.2, 0.25) is 0 Å². The summed E-state index contributed by atoms with van der Waals surface area (Å²) in [6, 6.07) is 7.92. The maximum Gasteiger partial charge on any atom is 0.267 e. The van der Waals surface area contributed by atoms with Gasteiger partial charge in [0.25, 0.3) is 5.56 Å². The number of aromatic nitrogens is 5. The molecular weight excluding hydrogens is 328 g/mol. The molecule has 26 heavy (non-hydrogen) atoms. The first kappa shape index (κ1) is 15.5. The van der Waals surface area contributed by atoms with Gasteiger partial charge in [0, 0.05) is 18.8 Å². The summed E-state index contributed by atoms with van der Waals surface area (Å²) >= 11 is 0. The van der Waals surface area contributed by atoms with Crippen molar-refractivity contribution in [2.75, 3.05) is 11.4 Å². The lowest BCUT2D eigenvalue weighted by atomic mass is 9.97. The first-order valence-corrected chi connectivity index (χ1v) is 9.46. The van der Waals surface area contributed by atoms with Crippen LogP contribution < -0.4 is 10.5 Å². The first-order valence-electron chi connectivity index (χ1n) is 9.46. The molecule has 1 saturated heterocycles. The van der Waals surface area contributed by atoms with Gasteiger partial charge in [-0.05, 0) is 56.2 Å². The highest BCUT2D eigenvalue weighted by Gasteiger charge is 2.29. The summed E-state index contributed by atoms with van der Waals surface area (Å²) in [5, 5.41) is 13.3. The van der Waals surface area contributed by atoms with Crippen molar-refractivity contribution in [3.63, 3.8) is 0 Å². The van der Waals surface area contributed by atoms with Crippen LogP contribution in [0.4, 0.5) is 5.95 Å². The molecule has 1 unspecified atom stereocenters. The van der Waals surface area contributed by atoms with Crippen molar-refractivity contribution in [1.29, 1.82) is 0 Å². The Morgan fingerprint density at radius 2 is 2.04 bits per heavy atom. The second kappa shape index (κ2) is 6.23. The standard InChI is InChI=1S/C19H22N6O/c26-18-12-14-6-1-2-8-16(14)22-25(18)13-15-7-5-11-23(15)19-21-20-17-9-3-4-10-24(17)19/h3-4,9-10,12,15H,1-2,5-8,11,13H2. The zero-order valence-electron chi connectivity index (χ0n) is 14.7. The number of nitrogens with zero attached hydrogens (tertiary/aromatic N) is 6. The predicted octanol–water partition coefficient (Wildman–Crippen LogP) is 1.83. The highest BCUT2D eigenvalue weighted by atomic mass is 16.1. The molecule has 3 aromatic rings. The van der Waals surface area contributed by atoms with Crippen LogP contribution in [-0.2, 0) is 19.4 Å². The average molecular weight is 350 g/mol. The molecule has 0 bridgehead atoms. The minimum atomic E-state index is 0.0172. The van der Waals surface area contributed by atoms with Gasteiger partial charge in [-0.3, -0.25) is 9.20 Å². The van der Waals surface area contributed by atoms with E-state index < -0.39 is 0 Å². The number of anilines is 1. The fraction of sp³-hybridized carbons (Fsp3) is 0.474. The van der Waals surface area contributed by atoms with Crippen LogP contribution in [0.5, 0.6) is 0 Å². The predicted molar refractivity (Wildman–Crippen MR) is 98.5 cm³/mol. The van der Waals surface area contributed by atoms with E-state index in [-0.39, 0.29) is 11.6 Å². The van der Waals surface area contributed by atoms with Crippen molar-refractivity contribution in [1.82, 2.24) is 24.4 Å².